The highest BCUT2D eigenvalue weighted by Gasteiger charge is 2.30. The van der Waals surface area contributed by atoms with Crippen molar-refractivity contribution in [2.75, 3.05) is 44.2 Å². The minimum absolute atomic E-state index is 0.201. The van der Waals surface area contributed by atoms with Crippen LogP contribution in [0.2, 0.25) is 0 Å². The number of benzene rings is 3. The van der Waals surface area contributed by atoms with Gasteiger partial charge in [-0.15, -0.1) is 0 Å². The van der Waals surface area contributed by atoms with E-state index in [1.54, 1.807) is 0 Å². The predicted molar refractivity (Wildman–Crippen MR) is 186 cm³/mol. The van der Waals surface area contributed by atoms with Crippen LogP contribution in [0.25, 0.3) is 11.1 Å². The zero-order valence-electron chi connectivity index (χ0n) is 27.8. The van der Waals surface area contributed by atoms with E-state index in [0.717, 1.165) is 74.4 Å². The Labute approximate surface area is 278 Å². The monoisotopic (exact) mass is 634 g/mol. The van der Waals surface area contributed by atoms with Gasteiger partial charge < -0.3 is 24.0 Å². The zero-order chi connectivity index (χ0) is 32.6. The van der Waals surface area contributed by atoms with E-state index in [4.69, 9.17) is 19.2 Å². The van der Waals surface area contributed by atoms with Crippen molar-refractivity contribution in [1.29, 1.82) is 0 Å². The summed E-state index contributed by atoms with van der Waals surface area (Å²) in [6.45, 7) is 11.9. The molecule has 0 unspecified atom stereocenters. The standard InChI is InChI=1S/C39H46N4O4/c1-39(2,3)47-38(44)43-26-24-42(25-27-43)34-20-22-41(23-21-34)33-16-14-32(15-17-33)35-18-19-36(45-28-30-10-6-4-7-11-30)40-37(35)46-29-31-12-8-5-9-13-31/h4-19,34H,20-29H2,1-3H3. The molecule has 6 rings (SSSR count). The highest BCUT2D eigenvalue weighted by molar-refractivity contribution is 5.71. The fourth-order valence-corrected chi connectivity index (χ4v) is 6.23. The lowest BCUT2D eigenvalue weighted by atomic mass is 10.0. The van der Waals surface area contributed by atoms with E-state index in [0.29, 0.717) is 31.0 Å². The van der Waals surface area contributed by atoms with Gasteiger partial charge in [-0.05, 0) is 68.5 Å². The molecular formula is C39H46N4O4. The number of anilines is 1. The Hall–Kier alpha value is -4.56. The highest BCUT2D eigenvalue weighted by Crippen LogP contribution is 2.33. The zero-order valence-corrected chi connectivity index (χ0v) is 27.8. The molecule has 2 fully saturated rings. The van der Waals surface area contributed by atoms with Gasteiger partial charge in [-0.2, -0.15) is 4.98 Å². The number of carbonyl (C=O) groups excluding carboxylic acids is 1. The Morgan fingerprint density at radius 2 is 1.32 bits per heavy atom. The second-order valence-electron chi connectivity index (χ2n) is 13.3. The second kappa shape index (κ2) is 14.9. The third-order valence-electron chi connectivity index (χ3n) is 8.77. The van der Waals surface area contributed by atoms with E-state index in [9.17, 15) is 4.79 Å². The molecule has 1 amide bonds. The fourth-order valence-electron chi connectivity index (χ4n) is 6.23. The molecular weight excluding hydrogens is 588 g/mol. The van der Waals surface area contributed by atoms with Crippen LogP contribution in [0, 0.1) is 0 Å². The topological polar surface area (TPSA) is 67.4 Å². The molecule has 8 nitrogen and oxygen atoms in total. The van der Waals surface area contributed by atoms with Gasteiger partial charge in [0.1, 0.15) is 18.8 Å². The van der Waals surface area contributed by atoms with Crippen molar-refractivity contribution in [2.45, 2.75) is 58.5 Å². The van der Waals surface area contributed by atoms with Crippen molar-refractivity contribution in [3.63, 3.8) is 0 Å². The van der Waals surface area contributed by atoms with Crippen molar-refractivity contribution < 1.29 is 19.0 Å². The predicted octanol–water partition coefficient (Wildman–Crippen LogP) is 7.43. The fraction of sp³-hybridized carbons (Fsp3) is 0.385. The van der Waals surface area contributed by atoms with Gasteiger partial charge >= 0.3 is 6.09 Å². The summed E-state index contributed by atoms with van der Waals surface area (Å²) in [6, 6.07) is 33.5. The lowest BCUT2D eigenvalue weighted by molar-refractivity contribution is 0.00902. The summed E-state index contributed by atoms with van der Waals surface area (Å²) < 4.78 is 17.9. The van der Waals surface area contributed by atoms with Gasteiger partial charge in [-0.1, -0.05) is 72.8 Å². The number of carbonyl (C=O) groups is 1. The number of ether oxygens (including phenoxy) is 3. The molecule has 0 radical (unpaired) electrons. The summed E-state index contributed by atoms with van der Waals surface area (Å²) in [5, 5.41) is 0. The van der Waals surface area contributed by atoms with E-state index in [-0.39, 0.29) is 6.09 Å². The van der Waals surface area contributed by atoms with Crippen molar-refractivity contribution >= 4 is 11.8 Å². The summed E-state index contributed by atoms with van der Waals surface area (Å²) >= 11 is 0. The summed E-state index contributed by atoms with van der Waals surface area (Å²) in [5.41, 5.74) is 4.92. The maximum atomic E-state index is 12.5. The van der Waals surface area contributed by atoms with E-state index in [1.165, 1.54) is 5.69 Å². The van der Waals surface area contributed by atoms with Gasteiger partial charge in [0.05, 0.1) is 0 Å². The molecule has 246 valence electrons. The van der Waals surface area contributed by atoms with Crippen LogP contribution in [-0.4, -0.2) is 71.8 Å². The average molecular weight is 635 g/mol. The van der Waals surface area contributed by atoms with Crippen LogP contribution in [0.4, 0.5) is 10.5 Å². The molecule has 3 heterocycles. The number of hydrogen-bond donors (Lipinski definition) is 0. The number of piperidine rings is 1. The number of nitrogens with zero attached hydrogens (tertiary/aromatic N) is 4. The Kier molecular flexibility index (Phi) is 10.3. The van der Waals surface area contributed by atoms with Crippen LogP contribution in [0.3, 0.4) is 0 Å². The molecule has 0 saturated carbocycles. The molecule has 3 aromatic carbocycles. The molecule has 47 heavy (non-hydrogen) atoms. The summed E-state index contributed by atoms with van der Waals surface area (Å²) in [7, 11) is 0. The molecule has 1 aromatic heterocycles. The molecule has 2 aliphatic heterocycles. The minimum Gasteiger partial charge on any atom is -0.473 e. The Bertz CT molecular complexity index is 1580. The van der Waals surface area contributed by atoms with Gasteiger partial charge in [-0.3, -0.25) is 4.90 Å². The van der Waals surface area contributed by atoms with Crippen LogP contribution in [-0.2, 0) is 18.0 Å². The second-order valence-corrected chi connectivity index (χ2v) is 13.3. The van der Waals surface area contributed by atoms with Gasteiger partial charge in [0.15, 0.2) is 0 Å². The van der Waals surface area contributed by atoms with E-state index >= 15 is 0 Å². The van der Waals surface area contributed by atoms with Gasteiger partial charge in [0, 0.05) is 62.6 Å². The smallest absolute Gasteiger partial charge is 0.410 e. The van der Waals surface area contributed by atoms with Crippen molar-refractivity contribution in [2.24, 2.45) is 0 Å². The lowest BCUT2D eigenvalue weighted by Crippen LogP contribution is -2.55. The molecule has 2 saturated heterocycles. The number of amides is 1. The van der Waals surface area contributed by atoms with Gasteiger partial charge in [0.25, 0.3) is 0 Å². The number of aromatic nitrogens is 1. The van der Waals surface area contributed by atoms with Crippen LogP contribution in [0.15, 0.2) is 97.1 Å². The molecule has 0 atom stereocenters. The first-order valence-electron chi connectivity index (χ1n) is 16.7. The van der Waals surface area contributed by atoms with E-state index in [2.05, 4.69) is 46.2 Å². The number of rotatable bonds is 9. The SMILES string of the molecule is CC(C)(C)OC(=O)N1CCN(C2CCN(c3ccc(-c4ccc(OCc5ccccc5)nc4OCc4ccccc4)cc3)CC2)CC1. The number of pyridine rings is 1. The molecule has 2 aliphatic rings. The largest absolute Gasteiger partial charge is 0.473 e. The first kappa shape index (κ1) is 32.4. The summed E-state index contributed by atoms with van der Waals surface area (Å²) in [5.74, 6) is 1.09. The van der Waals surface area contributed by atoms with Crippen molar-refractivity contribution in [3.8, 4) is 22.9 Å². The maximum absolute atomic E-state index is 12.5. The Morgan fingerprint density at radius 1 is 0.723 bits per heavy atom. The van der Waals surface area contributed by atoms with Gasteiger partial charge in [-0.25, -0.2) is 4.79 Å². The van der Waals surface area contributed by atoms with Crippen LogP contribution in [0.5, 0.6) is 11.8 Å². The van der Waals surface area contributed by atoms with Crippen LogP contribution >= 0.6 is 0 Å². The first-order valence-corrected chi connectivity index (χ1v) is 16.7. The average Bonchev–Trinajstić information content (AvgIpc) is 3.10. The van der Waals surface area contributed by atoms with E-state index in [1.807, 2.05) is 86.3 Å². The van der Waals surface area contributed by atoms with Crippen molar-refractivity contribution in [1.82, 2.24) is 14.8 Å². The van der Waals surface area contributed by atoms with E-state index < -0.39 is 5.60 Å². The summed E-state index contributed by atoms with van der Waals surface area (Å²) in [6.07, 6.45) is 2.02. The maximum Gasteiger partial charge on any atom is 0.410 e. The normalized spacial score (nSPS) is 16.1. The quantitative estimate of drug-likeness (QED) is 0.190. The molecule has 8 heteroatoms. The molecule has 0 spiro atoms. The first-order chi connectivity index (χ1) is 22.8. The summed E-state index contributed by atoms with van der Waals surface area (Å²) in [4.78, 5) is 24.1. The Balaban J connectivity index is 1.07. The number of piperazine rings is 1. The third-order valence-corrected chi connectivity index (χ3v) is 8.77. The third kappa shape index (κ3) is 8.83. The molecule has 4 aromatic rings. The minimum atomic E-state index is -0.462. The molecule has 0 bridgehead atoms. The number of hydrogen-bond acceptors (Lipinski definition) is 7. The van der Waals surface area contributed by atoms with Crippen LogP contribution < -0.4 is 14.4 Å². The Morgan fingerprint density at radius 3 is 1.91 bits per heavy atom. The molecule has 0 N–H and O–H groups in total. The van der Waals surface area contributed by atoms with Crippen molar-refractivity contribution in [3.05, 3.63) is 108 Å². The lowest BCUT2D eigenvalue weighted by Gasteiger charge is -2.43. The van der Waals surface area contributed by atoms with Crippen LogP contribution in [0.1, 0.15) is 44.7 Å². The van der Waals surface area contributed by atoms with Gasteiger partial charge in [0.2, 0.25) is 11.8 Å². The highest BCUT2D eigenvalue weighted by atomic mass is 16.6. The molecule has 0 aliphatic carbocycles.